The van der Waals surface area contributed by atoms with Gasteiger partial charge in [-0.25, -0.2) is 8.78 Å². The molecule has 10 heteroatoms. The molecule has 0 fully saturated rings. The first-order valence-electron chi connectivity index (χ1n) is 9.87. The Morgan fingerprint density at radius 1 is 1.16 bits per heavy atom. The van der Waals surface area contributed by atoms with Gasteiger partial charge in [0.05, 0.1) is 35.4 Å². The van der Waals surface area contributed by atoms with Crippen molar-refractivity contribution in [3.8, 4) is 0 Å². The predicted octanol–water partition coefficient (Wildman–Crippen LogP) is 4.30. The molecule has 0 unspecified atom stereocenters. The zero-order valence-electron chi connectivity index (χ0n) is 17.5. The number of anilines is 1. The zero-order chi connectivity index (χ0) is 22.0. The van der Waals surface area contributed by atoms with Crippen molar-refractivity contribution in [2.24, 2.45) is 17.3 Å². The molecule has 0 saturated carbocycles. The van der Waals surface area contributed by atoms with E-state index in [1.807, 2.05) is 36.3 Å². The Bertz CT molecular complexity index is 1120. The van der Waals surface area contributed by atoms with Crippen molar-refractivity contribution in [3.05, 3.63) is 54.0 Å². The van der Waals surface area contributed by atoms with Crippen LogP contribution in [0.5, 0.6) is 0 Å². The lowest BCUT2D eigenvalue weighted by molar-refractivity contribution is 0.224. The Kier molecular flexibility index (Phi) is 6.28. The van der Waals surface area contributed by atoms with Crippen LogP contribution in [0.1, 0.15) is 24.6 Å². The molecule has 1 aliphatic rings. The van der Waals surface area contributed by atoms with Gasteiger partial charge in [-0.1, -0.05) is 11.9 Å². The first-order chi connectivity index (χ1) is 15.0. The lowest BCUT2D eigenvalue weighted by Crippen LogP contribution is -2.37. The maximum absolute atomic E-state index is 12.8. The summed E-state index contributed by atoms with van der Waals surface area (Å²) in [4.78, 5) is 4.56. The van der Waals surface area contributed by atoms with Crippen LogP contribution in [-0.2, 0) is 13.6 Å². The predicted molar refractivity (Wildman–Crippen MR) is 122 cm³/mol. The minimum Gasteiger partial charge on any atom is -0.290 e. The molecule has 3 heterocycles. The van der Waals surface area contributed by atoms with E-state index < -0.39 is 6.43 Å². The van der Waals surface area contributed by atoms with Gasteiger partial charge in [0.25, 0.3) is 6.43 Å². The highest BCUT2D eigenvalue weighted by atomic mass is 32.2. The van der Waals surface area contributed by atoms with Crippen molar-refractivity contribution < 1.29 is 8.78 Å². The van der Waals surface area contributed by atoms with Gasteiger partial charge in [-0.15, -0.1) is 0 Å². The molecule has 0 atom stereocenters. The average Bonchev–Trinajstić information content (AvgIpc) is 3.42. The fourth-order valence-corrected chi connectivity index (χ4v) is 4.09. The van der Waals surface area contributed by atoms with Crippen molar-refractivity contribution >= 4 is 40.0 Å². The second-order valence-corrected chi connectivity index (χ2v) is 7.86. The monoisotopic (exact) mass is 443 g/mol. The summed E-state index contributed by atoms with van der Waals surface area (Å²) in [6, 6.07) is 10.0. The summed E-state index contributed by atoms with van der Waals surface area (Å²) in [5.41, 5.74) is 3.98. The maximum atomic E-state index is 12.8. The van der Waals surface area contributed by atoms with Crippen LogP contribution in [0.15, 0.2) is 52.9 Å². The Balaban J connectivity index is 1.56. The van der Waals surface area contributed by atoms with Gasteiger partial charge in [0.15, 0.2) is 0 Å². The van der Waals surface area contributed by atoms with Gasteiger partial charge < -0.3 is 0 Å². The number of benzene rings is 1. The first-order valence-corrected chi connectivity index (χ1v) is 11.1. The summed E-state index contributed by atoms with van der Waals surface area (Å²) < 4.78 is 29.6. The van der Waals surface area contributed by atoms with E-state index in [9.17, 15) is 8.78 Å². The number of halogens is 2. The molecule has 7 nitrogen and oxygen atoms in total. The Morgan fingerprint density at radius 3 is 2.65 bits per heavy atom. The molecule has 1 aliphatic heterocycles. The highest BCUT2D eigenvalue weighted by Gasteiger charge is 2.22. The third-order valence-corrected chi connectivity index (χ3v) is 6.03. The molecule has 162 valence electrons. The molecule has 3 aromatic rings. The summed E-state index contributed by atoms with van der Waals surface area (Å²) in [7, 11) is 1.93. The number of alkyl halides is 2. The Labute approximate surface area is 183 Å². The van der Waals surface area contributed by atoms with E-state index in [1.165, 1.54) is 0 Å². The largest absolute Gasteiger partial charge is 0.290 e. The summed E-state index contributed by atoms with van der Waals surface area (Å²) >= 11 is 1.63. The first kappa shape index (κ1) is 21.4. The van der Waals surface area contributed by atoms with E-state index in [2.05, 4.69) is 54.8 Å². The molecule has 0 N–H and O–H groups in total. The number of aryl methyl sites for hydroxylation is 1. The smallest absolute Gasteiger partial charge is 0.278 e. The molecule has 0 amide bonds. The van der Waals surface area contributed by atoms with Crippen molar-refractivity contribution in [2.45, 2.75) is 26.3 Å². The third-order valence-electron chi connectivity index (χ3n) is 5.15. The molecule has 1 aromatic carbocycles. The fraction of sp³-hybridized carbons (Fsp3) is 0.333. The molecule has 0 spiro atoms. The molecular weight excluding hydrogens is 420 g/mol. The normalized spacial score (nSPS) is 13.9. The zero-order valence-corrected chi connectivity index (χ0v) is 18.4. The van der Waals surface area contributed by atoms with Gasteiger partial charge in [0.2, 0.25) is 0 Å². The second kappa shape index (κ2) is 9.11. The number of aromatic nitrogens is 3. The van der Waals surface area contributed by atoms with Crippen LogP contribution in [-0.4, -0.2) is 49.8 Å². The lowest BCUT2D eigenvalue weighted by atomic mass is 10.1. The number of hydrazine groups is 1. The standard InChI is InChI=1S/C21H23F2N7S/c1-4-30(31-3)29(17-8-6-15-12-25-28(2)20(15)9-17)13-16-7-5-14(11-24-16)18-10-19(21(22)23)27-26-18/h5-9,11-12,21H,4,10,13H2,1-3H3. The summed E-state index contributed by atoms with van der Waals surface area (Å²) in [5.74, 6) is 0. The molecule has 0 saturated heterocycles. The number of pyridine rings is 1. The molecular formula is C21H23F2N7S. The van der Waals surface area contributed by atoms with E-state index in [0.717, 1.165) is 28.8 Å². The highest BCUT2D eigenvalue weighted by molar-refractivity contribution is 7.96. The van der Waals surface area contributed by atoms with Gasteiger partial charge in [0, 0.05) is 37.2 Å². The van der Waals surface area contributed by atoms with E-state index in [4.69, 9.17) is 0 Å². The van der Waals surface area contributed by atoms with Crippen LogP contribution < -0.4 is 5.01 Å². The van der Waals surface area contributed by atoms with Gasteiger partial charge in [-0.2, -0.15) is 19.7 Å². The molecule has 0 aliphatic carbocycles. The van der Waals surface area contributed by atoms with Crippen molar-refractivity contribution in [3.63, 3.8) is 0 Å². The van der Waals surface area contributed by atoms with Crippen LogP contribution in [0.4, 0.5) is 14.5 Å². The van der Waals surface area contributed by atoms with E-state index >= 15 is 0 Å². The summed E-state index contributed by atoms with van der Waals surface area (Å²) in [6.45, 7) is 3.47. The molecule has 4 rings (SSSR count). The van der Waals surface area contributed by atoms with Crippen molar-refractivity contribution in [1.29, 1.82) is 0 Å². The number of nitrogens with zero attached hydrogens (tertiary/aromatic N) is 7. The quantitative estimate of drug-likeness (QED) is 0.384. The fourth-order valence-electron chi connectivity index (χ4n) is 3.48. The maximum Gasteiger partial charge on any atom is 0.278 e. The highest BCUT2D eigenvalue weighted by Crippen LogP contribution is 2.27. The minimum atomic E-state index is -2.58. The number of rotatable bonds is 8. The topological polar surface area (TPSA) is 61.9 Å². The summed E-state index contributed by atoms with van der Waals surface area (Å²) in [6.07, 6.45) is 3.05. The average molecular weight is 444 g/mol. The third kappa shape index (κ3) is 4.45. The van der Waals surface area contributed by atoms with Gasteiger partial charge >= 0.3 is 0 Å². The minimum absolute atomic E-state index is 0.0611. The van der Waals surface area contributed by atoms with Crippen LogP contribution in [0.2, 0.25) is 0 Å². The van der Waals surface area contributed by atoms with Gasteiger partial charge in [-0.3, -0.25) is 14.7 Å². The molecule has 31 heavy (non-hydrogen) atoms. The second-order valence-electron chi connectivity index (χ2n) is 7.07. The number of hydrogen-bond donors (Lipinski definition) is 0. The number of hydrogen-bond acceptors (Lipinski definition) is 7. The Morgan fingerprint density at radius 2 is 2.00 bits per heavy atom. The SMILES string of the molecule is CCN(SC)N(Cc1ccc(C2=NN=C(C(F)F)C2)cn1)c1ccc2cnn(C)c2c1. The Hall–Kier alpha value is -2.85. The van der Waals surface area contributed by atoms with E-state index in [1.54, 1.807) is 18.1 Å². The molecule has 2 aromatic heterocycles. The van der Waals surface area contributed by atoms with Crippen LogP contribution in [0.3, 0.4) is 0 Å². The number of fused-ring (bicyclic) bond motifs is 1. The molecule has 0 bridgehead atoms. The molecule has 0 radical (unpaired) electrons. The van der Waals surface area contributed by atoms with E-state index in [-0.39, 0.29) is 12.1 Å². The lowest BCUT2D eigenvalue weighted by Gasteiger charge is -2.34. The van der Waals surface area contributed by atoms with Crippen LogP contribution in [0, 0.1) is 0 Å². The van der Waals surface area contributed by atoms with Crippen molar-refractivity contribution in [2.75, 3.05) is 17.8 Å². The van der Waals surface area contributed by atoms with Crippen LogP contribution in [0.25, 0.3) is 10.9 Å². The van der Waals surface area contributed by atoms with Gasteiger partial charge in [0.1, 0.15) is 5.71 Å². The van der Waals surface area contributed by atoms with Crippen LogP contribution >= 0.6 is 11.9 Å². The van der Waals surface area contributed by atoms with Gasteiger partial charge in [-0.05, 0) is 43.5 Å². The van der Waals surface area contributed by atoms with E-state index in [0.29, 0.717) is 17.8 Å². The summed E-state index contributed by atoms with van der Waals surface area (Å²) in [5, 5.41) is 15.1. The van der Waals surface area contributed by atoms with Crippen molar-refractivity contribution in [1.82, 2.24) is 19.2 Å².